The summed E-state index contributed by atoms with van der Waals surface area (Å²) in [6.07, 6.45) is -3.88. The van der Waals surface area contributed by atoms with Gasteiger partial charge in [-0.25, -0.2) is 8.42 Å². The number of benzene rings is 1. The third kappa shape index (κ3) is 5.86. The zero-order chi connectivity index (χ0) is 22.5. The van der Waals surface area contributed by atoms with Crippen molar-refractivity contribution in [3.63, 3.8) is 0 Å². The minimum atomic E-state index is -4.29. The monoisotopic (exact) mass is 451 g/mol. The number of hydrogen-bond acceptors (Lipinski definition) is 5. The maximum absolute atomic E-state index is 13.0. The number of amides is 1. The van der Waals surface area contributed by atoms with Crippen LogP contribution in [0.4, 0.5) is 13.2 Å². The highest BCUT2D eigenvalue weighted by Crippen LogP contribution is 2.28. The molecule has 0 spiro atoms. The molecule has 0 aliphatic carbocycles. The Kier molecular flexibility index (Phi) is 8.12. The average Bonchev–Trinajstić information content (AvgIpc) is 2.91. The second-order valence-corrected chi connectivity index (χ2v) is 8.90. The zero-order valence-corrected chi connectivity index (χ0v) is 18.2. The van der Waals surface area contributed by atoms with Crippen LogP contribution in [0.1, 0.15) is 30.6 Å². The lowest BCUT2D eigenvalue weighted by molar-refractivity contribution is -0.145. The van der Waals surface area contributed by atoms with E-state index in [1.54, 1.807) is 13.8 Å². The zero-order valence-electron chi connectivity index (χ0n) is 17.4. The molecule has 0 radical (unpaired) electrons. The van der Waals surface area contributed by atoms with E-state index in [1.165, 1.54) is 39.4 Å². The Labute approximate surface area is 175 Å². The van der Waals surface area contributed by atoms with Gasteiger partial charge in [0.25, 0.3) is 5.91 Å². The lowest BCUT2D eigenvalue weighted by Crippen LogP contribution is -2.38. The number of nitrogens with zero attached hydrogens (tertiary/aromatic N) is 3. The molecule has 1 aliphatic rings. The SMILES string of the molecule is CCN(CC)S(=O)(=O)c1cc(C(=O)N2CCCN(CC(F)(F)F)CC2)ccc1OC. The first kappa shape index (κ1) is 24.4. The van der Waals surface area contributed by atoms with Crippen LogP contribution in [0, 0.1) is 0 Å². The first-order valence-corrected chi connectivity index (χ1v) is 11.2. The highest BCUT2D eigenvalue weighted by atomic mass is 32.2. The molecule has 1 aromatic carbocycles. The molecule has 0 saturated carbocycles. The molecule has 1 heterocycles. The van der Waals surface area contributed by atoms with Crippen molar-refractivity contribution in [3.05, 3.63) is 23.8 Å². The number of carbonyl (C=O) groups is 1. The second-order valence-electron chi connectivity index (χ2n) is 6.99. The number of rotatable bonds is 7. The highest BCUT2D eigenvalue weighted by molar-refractivity contribution is 7.89. The standard InChI is InChI=1S/C19H28F3N3O4S/c1-4-25(5-2)30(27,28)17-13-15(7-8-16(17)29-3)18(26)24-10-6-9-23(11-12-24)14-19(20,21)22/h7-8,13H,4-6,9-12,14H2,1-3H3. The molecule has 7 nitrogen and oxygen atoms in total. The van der Waals surface area contributed by atoms with Gasteiger partial charge in [-0.3, -0.25) is 9.69 Å². The van der Waals surface area contributed by atoms with Crippen LogP contribution in [-0.4, -0.2) is 87.5 Å². The van der Waals surface area contributed by atoms with E-state index in [-0.39, 0.29) is 48.9 Å². The molecule has 1 amide bonds. The van der Waals surface area contributed by atoms with Crippen molar-refractivity contribution < 1.29 is 31.1 Å². The number of hydrogen-bond donors (Lipinski definition) is 0. The fourth-order valence-corrected chi connectivity index (χ4v) is 5.12. The van der Waals surface area contributed by atoms with Gasteiger partial charge >= 0.3 is 6.18 Å². The summed E-state index contributed by atoms with van der Waals surface area (Å²) in [5.41, 5.74) is 0.158. The van der Waals surface area contributed by atoms with Crippen LogP contribution < -0.4 is 4.74 Å². The second kappa shape index (κ2) is 9.97. The Hall–Kier alpha value is -1.85. The molecule has 1 aromatic rings. The predicted molar refractivity (Wildman–Crippen MR) is 106 cm³/mol. The van der Waals surface area contributed by atoms with Gasteiger partial charge in [0.05, 0.1) is 13.7 Å². The highest BCUT2D eigenvalue weighted by Gasteiger charge is 2.32. The molecular weight excluding hydrogens is 423 g/mol. The van der Waals surface area contributed by atoms with E-state index in [0.29, 0.717) is 13.0 Å². The Morgan fingerprint density at radius 2 is 1.80 bits per heavy atom. The van der Waals surface area contributed by atoms with Gasteiger partial charge in [0.15, 0.2) is 0 Å². The summed E-state index contributed by atoms with van der Waals surface area (Å²) in [6.45, 7) is 3.74. The molecule has 30 heavy (non-hydrogen) atoms. The van der Waals surface area contributed by atoms with E-state index in [4.69, 9.17) is 4.74 Å². The molecule has 1 fully saturated rings. The summed E-state index contributed by atoms with van der Waals surface area (Å²) < 4.78 is 70.3. The van der Waals surface area contributed by atoms with Gasteiger partial charge in [-0.1, -0.05) is 13.8 Å². The summed E-state index contributed by atoms with van der Waals surface area (Å²) in [6, 6.07) is 4.19. The van der Waals surface area contributed by atoms with Crippen molar-refractivity contribution in [3.8, 4) is 5.75 Å². The van der Waals surface area contributed by atoms with Gasteiger partial charge in [0.2, 0.25) is 10.0 Å². The van der Waals surface area contributed by atoms with Crippen molar-refractivity contribution >= 4 is 15.9 Å². The molecule has 0 bridgehead atoms. The van der Waals surface area contributed by atoms with Crippen molar-refractivity contribution in [2.75, 3.05) is 52.9 Å². The van der Waals surface area contributed by atoms with Gasteiger partial charge in [-0.15, -0.1) is 0 Å². The van der Waals surface area contributed by atoms with E-state index in [9.17, 15) is 26.4 Å². The molecule has 0 N–H and O–H groups in total. The Morgan fingerprint density at radius 1 is 1.13 bits per heavy atom. The van der Waals surface area contributed by atoms with Gasteiger partial charge in [0.1, 0.15) is 10.6 Å². The molecule has 1 aliphatic heterocycles. The summed E-state index contributed by atoms with van der Waals surface area (Å²) in [5.74, 6) is -0.284. The molecule has 170 valence electrons. The lowest BCUT2D eigenvalue weighted by Gasteiger charge is -2.24. The molecule has 11 heteroatoms. The van der Waals surface area contributed by atoms with Crippen molar-refractivity contribution in [1.82, 2.24) is 14.1 Å². The average molecular weight is 452 g/mol. The van der Waals surface area contributed by atoms with Crippen LogP contribution in [0.15, 0.2) is 23.1 Å². The minimum absolute atomic E-state index is 0.103. The molecule has 0 atom stereocenters. The van der Waals surface area contributed by atoms with Crippen molar-refractivity contribution in [2.24, 2.45) is 0 Å². The number of carbonyl (C=O) groups excluding carboxylic acids is 1. The number of alkyl halides is 3. The number of halogens is 3. The van der Waals surface area contributed by atoms with Crippen LogP contribution in [-0.2, 0) is 10.0 Å². The normalized spacial score (nSPS) is 16.6. The first-order valence-electron chi connectivity index (χ1n) is 9.80. The minimum Gasteiger partial charge on any atom is -0.495 e. The fraction of sp³-hybridized carbons (Fsp3) is 0.632. The topological polar surface area (TPSA) is 70.2 Å². The van der Waals surface area contributed by atoms with E-state index >= 15 is 0 Å². The smallest absolute Gasteiger partial charge is 0.401 e. The van der Waals surface area contributed by atoms with Crippen molar-refractivity contribution in [1.29, 1.82) is 0 Å². The predicted octanol–water partition coefficient (Wildman–Crippen LogP) is 2.44. The quantitative estimate of drug-likeness (QED) is 0.637. The van der Waals surface area contributed by atoms with E-state index in [2.05, 4.69) is 0 Å². The third-order valence-electron chi connectivity index (χ3n) is 5.01. The van der Waals surface area contributed by atoms with E-state index in [1.807, 2.05) is 0 Å². The van der Waals surface area contributed by atoms with Gasteiger partial charge in [-0.05, 0) is 24.6 Å². The van der Waals surface area contributed by atoms with Crippen LogP contribution in [0.25, 0.3) is 0 Å². The molecular formula is C19H28F3N3O4S. The number of methoxy groups -OCH3 is 1. The summed E-state index contributed by atoms with van der Waals surface area (Å²) in [4.78, 5) is 15.6. The number of ether oxygens (including phenoxy) is 1. The number of sulfonamides is 1. The fourth-order valence-electron chi connectivity index (χ4n) is 3.48. The first-order chi connectivity index (χ1) is 14.0. The van der Waals surface area contributed by atoms with E-state index < -0.39 is 28.7 Å². The third-order valence-corrected chi connectivity index (χ3v) is 7.08. The summed E-state index contributed by atoms with van der Waals surface area (Å²) in [5, 5.41) is 0. The van der Waals surface area contributed by atoms with Gasteiger partial charge in [-0.2, -0.15) is 17.5 Å². The van der Waals surface area contributed by atoms with Crippen LogP contribution in [0.5, 0.6) is 5.75 Å². The Morgan fingerprint density at radius 3 is 2.37 bits per heavy atom. The summed E-state index contributed by atoms with van der Waals surface area (Å²) >= 11 is 0. The largest absolute Gasteiger partial charge is 0.495 e. The van der Waals surface area contributed by atoms with E-state index in [0.717, 1.165) is 0 Å². The summed E-state index contributed by atoms with van der Waals surface area (Å²) in [7, 11) is -2.51. The van der Waals surface area contributed by atoms with Crippen molar-refractivity contribution in [2.45, 2.75) is 31.3 Å². The molecule has 0 unspecified atom stereocenters. The van der Waals surface area contributed by atoms with Crippen LogP contribution >= 0.6 is 0 Å². The van der Waals surface area contributed by atoms with Gasteiger partial charge < -0.3 is 9.64 Å². The van der Waals surface area contributed by atoms with Gasteiger partial charge in [0, 0.05) is 44.8 Å². The van der Waals surface area contributed by atoms with Crippen LogP contribution in [0.3, 0.4) is 0 Å². The molecule has 2 rings (SSSR count). The molecule has 1 saturated heterocycles. The molecule has 0 aromatic heterocycles. The Bertz CT molecular complexity index is 842. The van der Waals surface area contributed by atoms with Crippen LogP contribution in [0.2, 0.25) is 0 Å². The lowest BCUT2D eigenvalue weighted by atomic mass is 10.2. The maximum atomic E-state index is 13.0. The maximum Gasteiger partial charge on any atom is 0.401 e. The Balaban J connectivity index is 2.26.